The molecule has 2 atom stereocenters. The zero-order chi connectivity index (χ0) is 14.3. The SMILES string of the molecule is COC(=O)c1ccncc1C(O)C(O)CCN=[N+]=[N-]. The number of aromatic nitrogens is 1. The Morgan fingerprint density at radius 3 is 3.00 bits per heavy atom. The number of esters is 1. The van der Waals surface area contributed by atoms with Crippen LogP contribution in [0.4, 0.5) is 0 Å². The van der Waals surface area contributed by atoms with E-state index in [1.54, 1.807) is 0 Å². The fourth-order valence-electron chi connectivity index (χ4n) is 1.54. The average molecular weight is 266 g/mol. The van der Waals surface area contributed by atoms with Gasteiger partial charge in [0.25, 0.3) is 0 Å². The van der Waals surface area contributed by atoms with Gasteiger partial charge in [0.2, 0.25) is 0 Å². The minimum Gasteiger partial charge on any atom is -0.465 e. The Bertz CT molecular complexity index is 487. The molecule has 0 aliphatic carbocycles. The van der Waals surface area contributed by atoms with E-state index in [9.17, 15) is 15.0 Å². The van der Waals surface area contributed by atoms with Gasteiger partial charge in [0.15, 0.2) is 0 Å². The van der Waals surface area contributed by atoms with E-state index in [-0.39, 0.29) is 24.1 Å². The van der Waals surface area contributed by atoms with Crippen LogP contribution in [-0.2, 0) is 4.74 Å². The van der Waals surface area contributed by atoms with Gasteiger partial charge < -0.3 is 14.9 Å². The quantitative estimate of drug-likeness (QED) is 0.343. The molecule has 1 aromatic rings. The Hall–Kier alpha value is -2.15. The lowest BCUT2D eigenvalue weighted by Gasteiger charge is -2.18. The van der Waals surface area contributed by atoms with Gasteiger partial charge in [-0.05, 0) is 18.0 Å². The van der Waals surface area contributed by atoms with Crippen molar-refractivity contribution < 1.29 is 19.7 Å². The number of carbonyl (C=O) groups is 1. The predicted octanol–water partition coefficient (Wildman–Crippen LogP) is 0.963. The van der Waals surface area contributed by atoms with Crippen LogP contribution in [0.2, 0.25) is 0 Å². The van der Waals surface area contributed by atoms with Gasteiger partial charge in [0.1, 0.15) is 6.10 Å². The highest BCUT2D eigenvalue weighted by molar-refractivity contribution is 5.90. The van der Waals surface area contributed by atoms with E-state index in [1.807, 2.05) is 0 Å². The van der Waals surface area contributed by atoms with Gasteiger partial charge in [-0.15, -0.1) is 0 Å². The number of carbonyl (C=O) groups excluding carboxylic acids is 1. The lowest BCUT2D eigenvalue weighted by Crippen LogP contribution is -2.22. The summed E-state index contributed by atoms with van der Waals surface area (Å²) in [6, 6.07) is 1.39. The van der Waals surface area contributed by atoms with Crippen molar-refractivity contribution in [2.45, 2.75) is 18.6 Å². The molecule has 0 aromatic carbocycles. The third-order valence-electron chi connectivity index (χ3n) is 2.53. The first-order valence-corrected chi connectivity index (χ1v) is 5.51. The molecule has 0 bridgehead atoms. The van der Waals surface area contributed by atoms with Crippen molar-refractivity contribution in [3.8, 4) is 0 Å². The summed E-state index contributed by atoms with van der Waals surface area (Å²) >= 11 is 0. The van der Waals surface area contributed by atoms with E-state index in [1.165, 1.54) is 25.6 Å². The van der Waals surface area contributed by atoms with Crippen LogP contribution in [0.1, 0.15) is 28.4 Å². The lowest BCUT2D eigenvalue weighted by molar-refractivity contribution is 0.0136. The molecule has 1 heterocycles. The second-order valence-electron chi connectivity index (χ2n) is 3.71. The van der Waals surface area contributed by atoms with Crippen LogP contribution in [0.15, 0.2) is 23.6 Å². The van der Waals surface area contributed by atoms with Crippen LogP contribution < -0.4 is 0 Å². The molecule has 19 heavy (non-hydrogen) atoms. The van der Waals surface area contributed by atoms with Gasteiger partial charge in [0, 0.05) is 29.4 Å². The fourth-order valence-corrected chi connectivity index (χ4v) is 1.54. The molecular formula is C11H14N4O4. The summed E-state index contributed by atoms with van der Waals surface area (Å²) in [5, 5.41) is 23.0. The molecule has 0 spiro atoms. The summed E-state index contributed by atoms with van der Waals surface area (Å²) in [6.45, 7) is 0.0442. The minimum atomic E-state index is -1.31. The highest BCUT2D eigenvalue weighted by Crippen LogP contribution is 2.22. The van der Waals surface area contributed by atoms with Gasteiger partial charge in [-0.3, -0.25) is 4.98 Å². The average Bonchev–Trinajstić information content (AvgIpc) is 2.45. The first kappa shape index (κ1) is 14.9. The highest BCUT2D eigenvalue weighted by Gasteiger charge is 2.23. The Morgan fingerprint density at radius 1 is 1.63 bits per heavy atom. The molecule has 0 saturated heterocycles. The van der Waals surface area contributed by atoms with Crippen LogP contribution in [0.3, 0.4) is 0 Å². The summed E-state index contributed by atoms with van der Waals surface area (Å²) in [6.07, 6.45) is 0.262. The lowest BCUT2D eigenvalue weighted by atomic mass is 9.99. The van der Waals surface area contributed by atoms with Crippen molar-refractivity contribution in [1.82, 2.24) is 4.98 Å². The maximum absolute atomic E-state index is 11.5. The van der Waals surface area contributed by atoms with Crippen LogP contribution in [0.5, 0.6) is 0 Å². The molecular weight excluding hydrogens is 252 g/mol. The molecule has 0 aliphatic rings. The summed E-state index contributed by atoms with van der Waals surface area (Å²) in [5.74, 6) is -0.626. The normalized spacial score (nSPS) is 13.2. The second-order valence-corrected chi connectivity index (χ2v) is 3.71. The van der Waals surface area contributed by atoms with Gasteiger partial charge in [-0.1, -0.05) is 5.11 Å². The summed E-state index contributed by atoms with van der Waals surface area (Å²) in [5.41, 5.74) is 8.43. The number of ether oxygens (including phenoxy) is 1. The number of hydrogen-bond acceptors (Lipinski definition) is 6. The maximum atomic E-state index is 11.5. The van der Waals surface area contributed by atoms with Crippen molar-refractivity contribution in [2.75, 3.05) is 13.7 Å². The van der Waals surface area contributed by atoms with E-state index < -0.39 is 18.2 Å². The first-order valence-electron chi connectivity index (χ1n) is 5.51. The predicted molar refractivity (Wildman–Crippen MR) is 65.2 cm³/mol. The number of azide groups is 1. The molecule has 2 unspecified atom stereocenters. The highest BCUT2D eigenvalue weighted by atomic mass is 16.5. The first-order chi connectivity index (χ1) is 9.11. The molecule has 0 saturated carbocycles. The number of hydrogen-bond donors (Lipinski definition) is 2. The smallest absolute Gasteiger partial charge is 0.338 e. The Balaban J connectivity index is 2.89. The summed E-state index contributed by atoms with van der Waals surface area (Å²) in [4.78, 5) is 17.9. The Morgan fingerprint density at radius 2 is 2.37 bits per heavy atom. The largest absolute Gasteiger partial charge is 0.465 e. The number of aliphatic hydroxyl groups is 2. The van der Waals surface area contributed by atoms with E-state index >= 15 is 0 Å². The number of aliphatic hydroxyl groups excluding tert-OH is 2. The van der Waals surface area contributed by atoms with Crippen LogP contribution in [0.25, 0.3) is 10.4 Å². The zero-order valence-electron chi connectivity index (χ0n) is 10.3. The topological polar surface area (TPSA) is 128 Å². The number of rotatable bonds is 6. The Labute approximate surface area is 109 Å². The van der Waals surface area contributed by atoms with Crippen molar-refractivity contribution in [3.05, 3.63) is 40.0 Å². The molecule has 1 rings (SSSR count). The van der Waals surface area contributed by atoms with Gasteiger partial charge in [-0.25, -0.2) is 4.79 Å². The van der Waals surface area contributed by atoms with E-state index in [0.717, 1.165) is 0 Å². The zero-order valence-corrected chi connectivity index (χ0v) is 10.3. The monoisotopic (exact) mass is 266 g/mol. The van der Waals surface area contributed by atoms with Crippen molar-refractivity contribution >= 4 is 5.97 Å². The maximum Gasteiger partial charge on any atom is 0.338 e. The Kier molecular flexibility index (Phi) is 5.74. The third-order valence-corrected chi connectivity index (χ3v) is 2.53. The number of pyridine rings is 1. The number of methoxy groups -OCH3 is 1. The van der Waals surface area contributed by atoms with Gasteiger partial charge in [0.05, 0.1) is 18.8 Å². The van der Waals surface area contributed by atoms with E-state index in [2.05, 4.69) is 19.7 Å². The molecule has 2 N–H and O–H groups in total. The van der Waals surface area contributed by atoms with Gasteiger partial charge >= 0.3 is 5.97 Å². The minimum absolute atomic E-state index is 0.0442. The molecule has 0 aliphatic heterocycles. The molecule has 0 radical (unpaired) electrons. The summed E-state index contributed by atoms with van der Waals surface area (Å²) in [7, 11) is 1.22. The molecule has 0 fully saturated rings. The van der Waals surface area contributed by atoms with Crippen molar-refractivity contribution in [2.24, 2.45) is 5.11 Å². The van der Waals surface area contributed by atoms with Gasteiger partial charge in [-0.2, -0.15) is 0 Å². The standard InChI is InChI=1S/C11H14N4O4/c1-19-11(18)7-2-4-13-6-8(7)10(17)9(16)3-5-14-15-12/h2,4,6,9-10,16-17H,3,5H2,1H3. The summed E-state index contributed by atoms with van der Waals surface area (Å²) < 4.78 is 4.58. The number of nitrogens with zero attached hydrogens (tertiary/aromatic N) is 4. The second kappa shape index (κ2) is 7.32. The fraction of sp³-hybridized carbons (Fsp3) is 0.455. The third kappa shape index (κ3) is 3.92. The molecule has 8 heteroatoms. The van der Waals surface area contributed by atoms with Crippen LogP contribution in [-0.4, -0.2) is 40.9 Å². The molecule has 102 valence electrons. The van der Waals surface area contributed by atoms with Crippen LogP contribution in [0, 0.1) is 0 Å². The molecule has 8 nitrogen and oxygen atoms in total. The van der Waals surface area contributed by atoms with E-state index in [4.69, 9.17) is 5.53 Å². The van der Waals surface area contributed by atoms with Crippen LogP contribution >= 0.6 is 0 Å². The van der Waals surface area contributed by atoms with Crippen molar-refractivity contribution in [3.63, 3.8) is 0 Å². The van der Waals surface area contributed by atoms with Crippen molar-refractivity contribution in [1.29, 1.82) is 0 Å². The molecule has 1 aromatic heterocycles. The van der Waals surface area contributed by atoms with E-state index in [0.29, 0.717) is 0 Å². The molecule has 0 amide bonds.